The Balaban J connectivity index is 1.41. The van der Waals surface area contributed by atoms with Gasteiger partial charge in [0.1, 0.15) is 5.75 Å². The van der Waals surface area contributed by atoms with E-state index in [2.05, 4.69) is 10.6 Å². The van der Waals surface area contributed by atoms with Gasteiger partial charge in [-0.2, -0.15) is 0 Å². The van der Waals surface area contributed by atoms with Crippen molar-refractivity contribution < 1.29 is 14.3 Å². The van der Waals surface area contributed by atoms with E-state index in [0.717, 1.165) is 5.69 Å². The maximum Gasteiger partial charge on any atom is 0.258 e. The fourth-order valence-electron chi connectivity index (χ4n) is 3.02. The minimum absolute atomic E-state index is 0.129. The van der Waals surface area contributed by atoms with Crippen LogP contribution in [0.1, 0.15) is 23.2 Å². The van der Waals surface area contributed by atoms with E-state index in [-0.39, 0.29) is 23.3 Å². The number of anilines is 2. The van der Waals surface area contributed by atoms with Crippen LogP contribution in [-0.4, -0.2) is 30.6 Å². The molecule has 0 saturated heterocycles. The fourth-order valence-corrected chi connectivity index (χ4v) is 3.71. The van der Waals surface area contributed by atoms with Crippen molar-refractivity contribution in [2.24, 2.45) is 0 Å². The third kappa shape index (κ3) is 7.45. The summed E-state index contributed by atoms with van der Waals surface area (Å²) < 4.78 is 5.57. The average molecular weight is 516 g/mol. The van der Waals surface area contributed by atoms with Crippen LogP contribution < -0.4 is 20.3 Å². The summed E-state index contributed by atoms with van der Waals surface area (Å²) in [6.45, 7) is 0.321. The summed E-state index contributed by atoms with van der Waals surface area (Å²) in [6, 6.07) is 21.2. The number of nitrogens with one attached hydrogen (secondary N) is 2. The zero-order valence-electron chi connectivity index (χ0n) is 18.4. The Labute approximate surface area is 213 Å². The molecule has 0 radical (unpaired) electrons. The molecule has 176 valence electrons. The Morgan fingerprint density at radius 2 is 1.71 bits per heavy atom. The lowest BCUT2D eigenvalue weighted by Gasteiger charge is -2.17. The van der Waals surface area contributed by atoms with E-state index in [9.17, 15) is 9.59 Å². The summed E-state index contributed by atoms with van der Waals surface area (Å²) >= 11 is 17.1. The zero-order chi connectivity index (χ0) is 24.5. The summed E-state index contributed by atoms with van der Waals surface area (Å²) in [5.41, 5.74) is 2.00. The molecule has 0 spiro atoms. The first kappa shape index (κ1) is 25.5. The first-order valence-corrected chi connectivity index (χ1v) is 11.6. The minimum Gasteiger partial charge on any atom is -0.492 e. The number of para-hydroxylation sites is 1. The van der Waals surface area contributed by atoms with E-state index in [1.54, 1.807) is 54.4 Å². The predicted octanol–water partition coefficient (Wildman–Crippen LogP) is 5.94. The monoisotopic (exact) mass is 515 g/mol. The summed E-state index contributed by atoms with van der Waals surface area (Å²) in [4.78, 5) is 26.4. The first-order chi connectivity index (χ1) is 16.3. The molecule has 6 nitrogen and oxygen atoms in total. The van der Waals surface area contributed by atoms with E-state index >= 15 is 0 Å². The summed E-state index contributed by atoms with van der Waals surface area (Å²) in [5.74, 6) is 0.149. The van der Waals surface area contributed by atoms with E-state index in [4.69, 9.17) is 40.2 Å². The Kier molecular flexibility index (Phi) is 9.27. The van der Waals surface area contributed by atoms with Gasteiger partial charge in [0.05, 0.1) is 11.6 Å². The molecule has 0 unspecified atom stereocenters. The highest BCUT2D eigenvalue weighted by atomic mass is 35.5. The number of amides is 2. The minimum atomic E-state index is -0.236. The van der Waals surface area contributed by atoms with Gasteiger partial charge in [-0.05, 0) is 73.2 Å². The van der Waals surface area contributed by atoms with Gasteiger partial charge >= 0.3 is 0 Å². The third-order valence-corrected chi connectivity index (χ3v) is 5.53. The number of ether oxygens (including phenoxy) is 1. The molecule has 3 aromatic rings. The van der Waals surface area contributed by atoms with Gasteiger partial charge in [-0.3, -0.25) is 9.59 Å². The fraction of sp³-hybridized carbons (Fsp3) is 0.160. The lowest BCUT2D eigenvalue weighted by atomic mass is 10.1. The molecular weight excluding hydrogens is 493 g/mol. The summed E-state index contributed by atoms with van der Waals surface area (Å²) in [5, 5.41) is 6.69. The molecule has 3 rings (SSSR count). The molecule has 3 aromatic carbocycles. The average Bonchev–Trinajstić information content (AvgIpc) is 2.83. The second kappa shape index (κ2) is 12.4. The quantitative estimate of drug-likeness (QED) is 0.286. The van der Waals surface area contributed by atoms with E-state index in [1.807, 2.05) is 30.3 Å². The van der Waals surface area contributed by atoms with Gasteiger partial charge in [0, 0.05) is 35.4 Å². The number of thiocarbonyl (C=S) groups is 1. The molecule has 0 aromatic heterocycles. The highest BCUT2D eigenvalue weighted by molar-refractivity contribution is 7.80. The standard InChI is InChI=1S/C25H23Cl2N3O3S/c1-30(20-6-3-2-4-7-20)24(32)17-9-12-19(13-10-17)28-25(34)29-23(31)8-5-15-33-22-14-11-18(26)16-21(22)27/h2-4,6-7,9-14,16H,5,8,15H2,1H3,(H2,28,29,31,34). The molecule has 0 fully saturated rings. The topological polar surface area (TPSA) is 70.7 Å². The maximum absolute atomic E-state index is 12.7. The lowest BCUT2D eigenvalue weighted by Crippen LogP contribution is -2.34. The number of hydrogen-bond acceptors (Lipinski definition) is 4. The van der Waals surface area contributed by atoms with Crippen LogP contribution >= 0.6 is 35.4 Å². The van der Waals surface area contributed by atoms with Crippen molar-refractivity contribution in [1.82, 2.24) is 5.32 Å². The third-order valence-electron chi connectivity index (χ3n) is 4.79. The maximum atomic E-state index is 12.7. The highest BCUT2D eigenvalue weighted by Crippen LogP contribution is 2.27. The number of carbonyl (C=O) groups excluding carboxylic acids is 2. The normalized spacial score (nSPS) is 10.3. The molecule has 9 heteroatoms. The number of benzene rings is 3. The number of halogens is 2. The van der Waals surface area contributed by atoms with Gasteiger partial charge in [0.15, 0.2) is 5.11 Å². The van der Waals surface area contributed by atoms with Crippen LogP contribution in [-0.2, 0) is 4.79 Å². The number of hydrogen-bond donors (Lipinski definition) is 2. The molecule has 34 heavy (non-hydrogen) atoms. The Hall–Kier alpha value is -3.13. The van der Waals surface area contributed by atoms with Crippen molar-refractivity contribution in [2.45, 2.75) is 12.8 Å². The molecule has 0 aliphatic heterocycles. The second-order valence-corrected chi connectivity index (χ2v) is 8.56. The summed E-state index contributed by atoms with van der Waals surface area (Å²) in [6.07, 6.45) is 0.714. The molecule has 0 aliphatic rings. The van der Waals surface area contributed by atoms with E-state index in [1.165, 1.54) is 0 Å². The van der Waals surface area contributed by atoms with Crippen molar-refractivity contribution in [1.29, 1.82) is 0 Å². The van der Waals surface area contributed by atoms with Crippen molar-refractivity contribution in [3.05, 3.63) is 88.4 Å². The van der Waals surface area contributed by atoms with Crippen molar-refractivity contribution in [3.63, 3.8) is 0 Å². The van der Waals surface area contributed by atoms with Gasteiger partial charge in [-0.1, -0.05) is 41.4 Å². The van der Waals surface area contributed by atoms with Crippen molar-refractivity contribution in [2.75, 3.05) is 23.9 Å². The van der Waals surface area contributed by atoms with E-state index < -0.39 is 0 Å². The number of carbonyl (C=O) groups is 2. The Morgan fingerprint density at radius 3 is 2.38 bits per heavy atom. The molecule has 2 N–H and O–H groups in total. The van der Waals surface area contributed by atoms with Crippen LogP contribution in [0.3, 0.4) is 0 Å². The predicted molar refractivity (Wildman–Crippen MR) is 141 cm³/mol. The van der Waals surface area contributed by atoms with Crippen molar-refractivity contribution >= 4 is 63.7 Å². The summed E-state index contributed by atoms with van der Waals surface area (Å²) in [7, 11) is 1.73. The van der Waals surface area contributed by atoms with Gasteiger partial charge in [0.2, 0.25) is 5.91 Å². The lowest BCUT2D eigenvalue weighted by molar-refractivity contribution is -0.119. The highest BCUT2D eigenvalue weighted by Gasteiger charge is 2.13. The second-order valence-electron chi connectivity index (χ2n) is 7.31. The first-order valence-electron chi connectivity index (χ1n) is 10.5. The number of nitrogens with zero attached hydrogens (tertiary/aromatic N) is 1. The van der Waals surface area contributed by atoms with Crippen molar-refractivity contribution in [3.8, 4) is 5.75 Å². The van der Waals surface area contributed by atoms with Crippen LogP contribution in [0.5, 0.6) is 5.75 Å². The molecular formula is C25H23Cl2N3O3S. The Bertz CT molecular complexity index is 1160. The van der Waals surface area contributed by atoms with Gasteiger partial charge in [-0.25, -0.2) is 0 Å². The molecule has 2 amide bonds. The number of rotatable bonds is 8. The van der Waals surface area contributed by atoms with Crippen LogP contribution in [0.25, 0.3) is 0 Å². The van der Waals surface area contributed by atoms with Crippen LogP contribution in [0.15, 0.2) is 72.8 Å². The van der Waals surface area contributed by atoms with Crippen LogP contribution in [0.2, 0.25) is 10.0 Å². The van der Waals surface area contributed by atoms with E-state index in [0.29, 0.717) is 40.1 Å². The zero-order valence-corrected chi connectivity index (χ0v) is 20.7. The van der Waals surface area contributed by atoms with Gasteiger partial charge < -0.3 is 20.3 Å². The smallest absolute Gasteiger partial charge is 0.258 e. The SMILES string of the molecule is CN(C(=O)c1ccc(NC(=S)NC(=O)CCCOc2ccc(Cl)cc2Cl)cc1)c1ccccc1. The van der Waals surface area contributed by atoms with Gasteiger partial charge in [-0.15, -0.1) is 0 Å². The molecule has 0 saturated carbocycles. The largest absolute Gasteiger partial charge is 0.492 e. The van der Waals surface area contributed by atoms with Gasteiger partial charge in [0.25, 0.3) is 5.91 Å². The Morgan fingerprint density at radius 1 is 1.00 bits per heavy atom. The van der Waals surface area contributed by atoms with Crippen LogP contribution in [0.4, 0.5) is 11.4 Å². The molecule has 0 atom stereocenters. The molecule has 0 aliphatic carbocycles. The molecule has 0 heterocycles. The van der Waals surface area contributed by atoms with Crippen LogP contribution in [0, 0.1) is 0 Å². The molecule has 0 bridgehead atoms.